The van der Waals surface area contributed by atoms with Gasteiger partial charge in [0.05, 0.1) is 0 Å². The number of carbonyl (C=O) groups excluding carboxylic acids is 2. The molecule has 2 amide bonds. The lowest BCUT2D eigenvalue weighted by atomic mass is 10.1. The quantitative estimate of drug-likeness (QED) is 0.881. The van der Waals surface area contributed by atoms with Crippen molar-refractivity contribution in [2.24, 2.45) is 0 Å². The van der Waals surface area contributed by atoms with Crippen molar-refractivity contribution in [3.05, 3.63) is 47.4 Å². The maximum Gasteiger partial charge on any atom is 0.253 e. The predicted octanol–water partition coefficient (Wildman–Crippen LogP) is 2.83. The molecule has 0 unspecified atom stereocenters. The number of carbonyl (C=O) groups is 2. The van der Waals surface area contributed by atoms with Gasteiger partial charge in [-0.25, -0.2) is 9.97 Å². The molecule has 0 radical (unpaired) electrons. The number of nitrogens with one attached hydrogen (secondary N) is 1. The number of hydrogen-bond acceptors (Lipinski definition) is 5. The topological polar surface area (TPSA) is 78.4 Å². The molecule has 1 fully saturated rings. The summed E-state index contributed by atoms with van der Waals surface area (Å²) in [5.74, 6) is 1.95. The first kappa shape index (κ1) is 19.8. The molecule has 2 aromatic rings. The van der Waals surface area contributed by atoms with Gasteiger partial charge in [0, 0.05) is 62.0 Å². The van der Waals surface area contributed by atoms with Gasteiger partial charge in [0.2, 0.25) is 5.91 Å². The van der Waals surface area contributed by atoms with E-state index in [9.17, 15) is 9.59 Å². The van der Waals surface area contributed by atoms with Crippen LogP contribution in [0.3, 0.4) is 0 Å². The molecule has 1 aromatic carbocycles. The Morgan fingerprint density at radius 3 is 2.25 bits per heavy atom. The highest BCUT2D eigenvalue weighted by Gasteiger charge is 2.23. The average Bonchev–Trinajstić information content (AvgIpc) is 2.67. The van der Waals surface area contributed by atoms with Gasteiger partial charge in [-0.15, -0.1) is 0 Å². The van der Waals surface area contributed by atoms with E-state index in [-0.39, 0.29) is 17.7 Å². The smallest absolute Gasteiger partial charge is 0.253 e. The molecule has 7 nitrogen and oxygen atoms in total. The first-order valence-electron chi connectivity index (χ1n) is 9.61. The average molecular weight is 381 g/mol. The maximum atomic E-state index is 12.8. The molecule has 0 bridgehead atoms. The Morgan fingerprint density at radius 1 is 1.04 bits per heavy atom. The van der Waals surface area contributed by atoms with Crippen LogP contribution in [0.4, 0.5) is 11.5 Å². The van der Waals surface area contributed by atoms with Crippen LogP contribution in [0.25, 0.3) is 0 Å². The van der Waals surface area contributed by atoms with Crippen LogP contribution in [0.2, 0.25) is 0 Å². The van der Waals surface area contributed by atoms with Crippen LogP contribution in [0.1, 0.15) is 48.6 Å². The first-order chi connectivity index (χ1) is 13.3. The number of rotatable bonds is 4. The zero-order valence-electron chi connectivity index (χ0n) is 16.9. The summed E-state index contributed by atoms with van der Waals surface area (Å²) in [7, 11) is 0. The van der Waals surface area contributed by atoms with E-state index < -0.39 is 0 Å². The molecule has 148 valence electrons. The summed E-state index contributed by atoms with van der Waals surface area (Å²) in [5, 5.41) is 2.71. The summed E-state index contributed by atoms with van der Waals surface area (Å²) in [6, 6.07) is 9.01. The van der Waals surface area contributed by atoms with Crippen LogP contribution in [0.15, 0.2) is 30.3 Å². The molecule has 1 aliphatic heterocycles. The van der Waals surface area contributed by atoms with Crippen LogP contribution >= 0.6 is 0 Å². The van der Waals surface area contributed by atoms with Crippen molar-refractivity contribution < 1.29 is 9.59 Å². The SMILES string of the molecule is CC(=O)Nc1ccc(C(=O)N2CCN(c3cc(C)nc(C(C)C)n3)CC2)cc1. The fourth-order valence-electron chi connectivity index (χ4n) is 3.22. The number of aryl methyl sites for hydroxylation is 1. The van der Waals surface area contributed by atoms with Crippen molar-refractivity contribution in [2.75, 3.05) is 36.4 Å². The van der Waals surface area contributed by atoms with E-state index in [1.165, 1.54) is 6.92 Å². The Bertz CT molecular complexity index is 856. The minimum atomic E-state index is -0.129. The monoisotopic (exact) mass is 381 g/mol. The van der Waals surface area contributed by atoms with Gasteiger partial charge in [0.15, 0.2) is 0 Å². The lowest BCUT2D eigenvalue weighted by Gasteiger charge is -2.35. The molecule has 0 spiro atoms. The number of piperazine rings is 1. The van der Waals surface area contributed by atoms with Gasteiger partial charge >= 0.3 is 0 Å². The van der Waals surface area contributed by atoms with Crippen molar-refractivity contribution >= 4 is 23.3 Å². The standard InChI is InChI=1S/C21H27N5O2/c1-14(2)20-22-15(3)13-19(24-20)25-9-11-26(12-10-25)21(28)17-5-7-18(8-6-17)23-16(4)27/h5-8,13-14H,9-12H2,1-4H3,(H,23,27). The Kier molecular flexibility index (Phi) is 5.92. The van der Waals surface area contributed by atoms with Crippen LogP contribution in [0.5, 0.6) is 0 Å². The minimum absolute atomic E-state index is 0.00997. The Morgan fingerprint density at radius 2 is 1.68 bits per heavy atom. The predicted molar refractivity (Wildman–Crippen MR) is 110 cm³/mol. The largest absolute Gasteiger partial charge is 0.353 e. The maximum absolute atomic E-state index is 12.8. The van der Waals surface area contributed by atoms with Gasteiger partial charge in [-0.3, -0.25) is 9.59 Å². The number of hydrogen-bond donors (Lipinski definition) is 1. The molecule has 0 aliphatic carbocycles. The van der Waals surface area contributed by atoms with Crippen molar-refractivity contribution in [1.82, 2.24) is 14.9 Å². The normalized spacial score (nSPS) is 14.3. The van der Waals surface area contributed by atoms with Gasteiger partial charge in [0.1, 0.15) is 11.6 Å². The molecule has 1 aromatic heterocycles. The van der Waals surface area contributed by atoms with E-state index in [1.807, 2.05) is 17.9 Å². The Labute approximate surface area is 165 Å². The van der Waals surface area contributed by atoms with E-state index in [2.05, 4.69) is 29.0 Å². The minimum Gasteiger partial charge on any atom is -0.353 e. The summed E-state index contributed by atoms with van der Waals surface area (Å²) in [4.78, 5) is 37.2. The molecule has 0 atom stereocenters. The molecule has 1 saturated heterocycles. The van der Waals surface area contributed by atoms with E-state index in [1.54, 1.807) is 24.3 Å². The highest BCUT2D eigenvalue weighted by atomic mass is 16.2. The number of amides is 2. The molecule has 7 heteroatoms. The molecule has 1 N–H and O–H groups in total. The first-order valence-corrected chi connectivity index (χ1v) is 9.61. The molecular weight excluding hydrogens is 354 g/mol. The highest BCUT2D eigenvalue weighted by Crippen LogP contribution is 2.20. The van der Waals surface area contributed by atoms with Crippen molar-refractivity contribution in [1.29, 1.82) is 0 Å². The second kappa shape index (κ2) is 8.37. The lowest BCUT2D eigenvalue weighted by Crippen LogP contribution is -2.49. The molecule has 3 rings (SSSR count). The summed E-state index contributed by atoms with van der Waals surface area (Å²) in [6.07, 6.45) is 0. The van der Waals surface area contributed by atoms with Crippen molar-refractivity contribution in [3.63, 3.8) is 0 Å². The number of anilines is 2. The summed E-state index contributed by atoms with van der Waals surface area (Å²) < 4.78 is 0. The second-order valence-corrected chi connectivity index (χ2v) is 7.42. The van der Waals surface area contributed by atoms with E-state index >= 15 is 0 Å². The van der Waals surface area contributed by atoms with Gasteiger partial charge < -0.3 is 15.1 Å². The molecule has 1 aliphatic rings. The van der Waals surface area contributed by atoms with Gasteiger partial charge in [0.25, 0.3) is 5.91 Å². The van der Waals surface area contributed by atoms with Crippen LogP contribution < -0.4 is 10.2 Å². The fraction of sp³-hybridized carbons (Fsp3) is 0.429. The molecule has 2 heterocycles. The van der Waals surface area contributed by atoms with Crippen molar-refractivity contribution in [3.8, 4) is 0 Å². The van der Waals surface area contributed by atoms with Gasteiger partial charge in [-0.2, -0.15) is 0 Å². The zero-order chi connectivity index (χ0) is 20.3. The summed E-state index contributed by atoms with van der Waals surface area (Å²) >= 11 is 0. The Hall–Kier alpha value is -2.96. The number of benzene rings is 1. The van der Waals surface area contributed by atoms with E-state index in [4.69, 9.17) is 4.98 Å². The summed E-state index contributed by atoms with van der Waals surface area (Å²) in [6.45, 7) is 10.4. The third-order valence-electron chi connectivity index (χ3n) is 4.72. The molecule has 28 heavy (non-hydrogen) atoms. The van der Waals surface area contributed by atoms with Crippen LogP contribution in [-0.4, -0.2) is 52.9 Å². The highest BCUT2D eigenvalue weighted by molar-refractivity contribution is 5.95. The van der Waals surface area contributed by atoms with Gasteiger partial charge in [-0.1, -0.05) is 13.8 Å². The van der Waals surface area contributed by atoms with Crippen molar-refractivity contribution in [2.45, 2.75) is 33.6 Å². The van der Waals surface area contributed by atoms with Crippen LogP contribution in [-0.2, 0) is 4.79 Å². The number of nitrogens with zero attached hydrogens (tertiary/aromatic N) is 4. The summed E-state index contributed by atoms with van der Waals surface area (Å²) in [5.41, 5.74) is 2.28. The second-order valence-electron chi connectivity index (χ2n) is 7.42. The lowest BCUT2D eigenvalue weighted by molar-refractivity contribution is -0.114. The third-order valence-corrected chi connectivity index (χ3v) is 4.72. The van der Waals surface area contributed by atoms with E-state index in [0.717, 1.165) is 30.4 Å². The zero-order valence-corrected chi connectivity index (χ0v) is 16.9. The molecule has 0 saturated carbocycles. The van der Waals surface area contributed by atoms with E-state index in [0.29, 0.717) is 24.3 Å². The van der Waals surface area contributed by atoms with Crippen LogP contribution in [0, 0.1) is 6.92 Å². The third kappa shape index (κ3) is 4.65. The molecular formula is C21H27N5O2. The fourth-order valence-corrected chi connectivity index (χ4v) is 3.22. The van der Waals surface area contributed by atoms with Gasteiger partial charge in [-0.05, 0) is 31.2 Å². The number of aromatic nitrogens is 2. The Balaban J connectivity index is 1.63.